The Bertz CT molecular complexity index is 1310. The summed E-state index contributed by atoms with van der Waals surface area (Å²) in [4.78, 5) is 10.7. The first-order valence-corrected chi connectivity index (χ1v) is 12.4. The number of halogens is 5. The number of aliphatic hydroxyl groups excluding tert-OH is 1. The highest BCUT2D eigenvalue weighted by Crippen LogP contribution is 2.53. The van der Waals surface area contributed by atoms with Crippen LogP contribution in [0.25, 0.3) is 10.9 Å². The third-order valence-electron chi connectivity index (χ3n) is 7.23. The number of hydrogen-bond donors (Lipinski definition) is 2. The predicted octanol–water partition coefficient (Wildman–Crippen LogP) is 4.34. The van der Waals surface area contributed by atoms with Crippen LogP contribution in [0.3, 0.4) is 0 Å². The molecule has 2 unspecified atom stereocenters. The molecule has 3 aliphatic rings. The van der Waals surface area contributed by atoms with Crippen LogP contribution in [0.1, 0.15) is 30.4 Å². The van der Waals surface area contributed by atoms with E-state index in [1.807, 2.05) is 4.90 Å². The van der Waals surface area contributed by atoms with E-state index in [0.29, 0.717) is 46.7 Å². The average Bonchev–Trinajstić information content (AvgIpc) is 3.12. The van der Waals surface area contributed by atoms with E-state index in [1.165, 1.54) is 6.20 Å². The molecule has 1 saturated carbocycles. The summed E-state index contributed by atoms with van der Waals surface area (Å²) in [5.41, 5.74) is 1.52. The van der Waals surface area contributed by atoms with Gasteiger partial charge >= 0.3 is 0 Å². The molecular weight excluding hydrogens is 520 g/mol. The predicted molar refractivity (Wildman–Crippen MR) is 128 cm³/mol. The van der Waals surface area contributed by atoms with Crippen molar-refractivity contribution < 1.29 is 23.0 Å². The molecule has 13 heteroatoms. The van der Waals surface area contributed by atoms with Crippen LogP contribution in [-0.4, -0.2) is 80.3 Å². The van der Waals surface area contributed by atoms with Crippen molar-refractivity contribution in [2.24, 2.45) is 0 Å². The second-order valence-corrected chi connectivity index (χ2v) is 10.4. The fourth-order valence-electron chi connectivity index (χ4n) is 5.11. The highest BCUT2D eigenvalue weighted by Gasteiger charge is 2.59. The number of alkyl halides is 3. The van der Waals surface area contributed by atoms with Crippen molar-refractivity contribution in [3.63, 3.8) is 0 Å². The Morgan fingerprint density at radius 1 is 1.19 bits per heavy atom. The van der Waals surface area contributed by atoms with Crippen molar-refractivity contribution in [2.75, 3.05) is 31.6 Å². The molecule has 2 aromatic heterocycles. The van der Waals surface area contributed by atoms with E-state index >= 15 is 4.39 Å². The standard InChI is InChI=1S/C23H23Cl2F3N6O2/c24-14-3-11-6-29-22(32-17-7-30-34(21(17)25)20-5-23(20,27)28)31-16(11)4-13(14)12-1-2-33(8-15(12)26)18-9-36-10-19(18)35/h3-4,6-7,12,15,18-20,35H,1-2,5,8-10H2,(H,29,31,32)/t12-,15+,18?,19-,20?/m1/s1. The summed E-state index contributed by atoms with van der Waals surface area (Å²) in [7, 11) is 0. The van der Waals surface area contributed by atoms with Gasteiger partial charge in [0.05, 0.1) is 42.8 Å². The van der Waals surface area contributed by atoms with E-state index in [4.69, 9.17) is 27.9 Å². The van der Waals surface area contributed by atoms with E-state index in [9.17, 15) is 13.9 Å². The maximum Gasteiger partial charge on any atom is 0.272 e. The fourth-order valence-corrected chi connectivity index (χ4v) is 5.67. The number of aromatic nitrogens is 4. The molecule has 5 atom stereocenters. The van der Waals surface area contributed by atoms with E-state index in [-0.39, 0.29) is 36.7 Å². The molecule has 0 amide bonds. The van der Waals surface area contributed by atoms with Crippen molar-refractivity contribution >= 4 is 45.7 Å². The van der Waals surface area contributed by atoms with Gasteiger partial charge in [-0.25, -0.2) is 27.8 Å². The zero-order valence-electron chi connectivity index (χ0n) is 18.9. The molecule has 1 aliphatic carbocycles. The summed E-state index contributed by atoms with van der Waals surface area (Å²) >= 11 is 12.8. The first kappa shape index (κ1) is 24.2. The van der Waals surface area contributed by atoms with Crippen LogP contribution in [0.4, 0.5) is 24.8 Å². The van der Waals surface area contributed by atoms with E-state index in [0.717, 1.165) is 4.68 Å². The lowest BCUT2D eigenvalue weighted by molar-refractivity contribution is 0.0353. The Kier molecular flexibility index (Phi) is 6.03. The number of anilines is 2. The van der Waals surface area contributed by atoms with Crippen molar-refractivity contribution in [3.05, 3.63) is 40.3 Å². The lowest BCUT2D eigenvalue weighted by Crippen LogP contribution is -2.50. The van der Waals surface area contributed by atoms with Crippen molar-refractivity contribution in [3.8, 4) is 0 Å². The molecule has 3 fully saturated rings. The summed E-state index contributed by atoms with van der Waals surface area (Å²) in [5, 5.41) is 18.1. The van der Waals surface area contributed by atoms with Gasteiger partial charge in [-0.15, -0.1) is 0 Å². The first-order valence-electron chi connectivity index (χ1n) is 11.7. The number of piperidine rings is 1. The molecule has 6 rings (SSSR count). The Labute approximate surface area is 214 Å². The van der Waals surface area contributed by atoms with Crippen LogP contribution in [-0.2, 0) is 4.74 Å². The summed E-state index contributed by atoms with van der Waals surface area (Å²) in [5.74, 6) is -3.03. The highest BCUT2D eigenvalue weighted by molar-refractivity contribution is 6.32. The Balaban J connectivity index is 1.22. The Morgan fingerprint density at radius 3 is 2.69 bits per heavy atom. The monoisotopic (exact) mass is 542 g/mol. The minimum atomic E-state index is -2.81. The Hall–Kier alpha value is -2.18. The molecular formula is C23H23Cl2F3N6O2. The molecule has 0 spiro atoms. The molecule has 1 aromatic carbocycles. The van der Waals surface area contributed by atoms with Crippen LogP contribution < -0.4 is 5.32 Å². The molecule has 192 valence electrons. The molecule has 4 heterocycles. The fraction of sp³-hybridized carbons (Fsp3) is 0.522. The summed E-state index contributed by atoms with van der Waals surface area (Å²) in [6.45, 7) is 1.47. The van der Waals surface area contributed by atoms with E-state index in [2.05, 4.69) is 20.4 Å². The molecule has 0 radical (unpaired) electrons. The lowest BCUT2D eigenvalue weighted by atomic mass is 9.86. The number of benzene rings is 1. The van der Waals surface area contributed by atoms with E-state index < -0.39 is 30.2 Å². The number of fused-ring (bicyclic) bond motifs is 1. The zero-order valence-corrected chi connectivity index (χ0v) is 20.4. The van der Waals surface area contributed by atoms with Crippen LogP contribution in [0.15, 0.2) is 24.5 Å². The number of aliphatic hydroxyl groups is 1. The van der Waals surface area contributed by atoms with Crippen molar-refractivity contribution in [2.45, 2.75) is 49.0 Å². The van der Waals surface area contributed by atoms with Gasteiger partial charge in [0.25, 0.3) is 5.92 Å². The maximum absolute atomic E-state index is 15.3. The lowest BCUT2D eigenvalue weighted by Gasteiger charge is -2.39. The van der Waals surface area contributed by atoms with Gasteiger partial charge in [-0.3, -0.25) is 4.90 Å². The number of hydrogen-bond acceptors (Lipinski definition) is 7. The SMILES string of the molecule is O[C@@H]1COCC1N1CC[C@H](c2cc3nc(Nc4cnn(C5CC5(F)F)c4Cl)ncc3cc2Cl)[C@@H](F)C1. The molecule has 0 bridgehead atoms. The summed E-state index contributed by atoms with van der Waals surface area (Å²) in [6.07, 6.45) is 1.38. The van der Waals surface area contributed by atoms with Gasteiger partial charge in [0.1, 0.15) is 12.2 Å². The van der Waals surface area contributed by atoms with Gasteiger partial charge in [0.2, 0.25) is 5.95 Å². The molecule has 36 heavy (non-hydrogen) atoms. The van der Waals surface area contributed by atoms with Crippen LogP contribution >= 0.6 is 23.2 Å². The van der Waals surface area contributed by atoms with Gasteiger partial charge in [-0.2, -0.15) is 5.10 Å². The quantitative estimate of drug-likeness (QED) is 0.495. The van der Waals surface area contributed by atoms with Gasteiger partial charge < -0.3 is 15.2 Å². The number of ether oxygens (including phenoxy) is 1. The molecule has 8 nitrogen and oxygen atoms in total. The second kappa shape index (κ2) is 8.98. The van der Waals surface area contributed by atoms with Crippen molar-refractivity contribution in [1.29, 1.82) is 0 Å². The first-order chi connectivity index (χ1) is 17.2. The number of likely N-dealkylation sites (tertiary alicyclic amines) is 1. The molecule has 3 aromatic rings. The van der Waals surface area contributed by atoms with Crippen molar-refractivity contribution in [1.82, 2.24) is 24.6 Å². The summed E-state index contributed by atoms with van der Waals surface area (Å²) in [6, 6.07) is 2.23. The minimum Gasteiger partial charge on any atom is -0.389 e. The van der Waals surface area contributed by atoms with E-state index in [1.54, 1.807) is 18.3 Å². The van der Waals surface area contributed by atoms with Gasteiger partial charge in [0.15, 0.2) is 5.15 Å². The average molecular weight is 543 g/mol. The second-order valence-electron chi connectivity index (χ2n) is 9.60. The zero-order chi connectivity index (χ0) is 25.2. The number of nitrogens with one attached hydrogen (secondary N) is 1. The topological polar surface area (TPSA) is 88.3 Å². The normalized spacial score (nSPS) is 30.1. The third kappa shape index (κ3) is 4.30. The molecule has 2 saturated heterocycles. The van der Waals surface area contributed by atoms with Gasteiger partial charge in [-0.05, 0) is 30.7 Å². The molecule has 2 aliphatic heterocycles. The van der Waals surface area contributed by atoms with Crippen LogP contribution in [0.2, 0.25) is 10.2 Å². The smallest absolute Gasteiger partial charge is 0.272 e. The Morgan fingerprint density at radius 2 is 2.00 bits per heavy atom. The molecule has 2 N–H and O–H groups in total. The summed E-state index contributed by atoms with van der Waals surface area (Å²) < 4.78 is 48.6. The van der Waals surface area contributed by atoms with Crippen LogP contribution in [0.5, 0.6) is 0 Å². The van der Waals surface area contributed by atoms with Gasteiger partial charge in [-0.1, -0.05) is 23.2 Å². The van der Waals surface area contributed by atoms with Crippen LogP contribution in [0, 0.1) is 0 Å². The largest absolute Gasteiger partial charge is 0.389 e. The minimum absolute atomic E-state index is 0.0440. The highest BCUT2D eigenvalue weighted by atomic mass is 35.5. The van der Waals surface area contributed by atoms with Gasteiger partial charge in [0, 0.05) is 35.5 Å². The number of rotatable bonds is 5. The number of nitrogens with zero attached hydrogens (tertiary/aromatic N) is 5. The maximum atomic E-state index is 15.3. The third-order valence-corrected chi connectivity index (χ3v) is 7.93.